The first-order chi connectivity index (χ1) is 38.6. The Morgan fingerprint density at radius 2 is 0.575 bits per heavy atom. The topological polar surface area (TPSA) is 309 Å². The molecule has 24 nitrogen and oxygen atoms in total. The van der Waals surface area contributed by atoms with E-state index < -0.39 is 58.9 Å². The molecule has 0 aliphatic carbocycles. The molecule has 0 amide bonds. The van der Waals surface area contributed by atoms with E-state index in [0.717, 1.165) is 110 Å². The van der Waals surface area contributed by atoms with Gasteiger partial charge in [-0.15, -0.1) is 0 Å². The van der Waals surface area contributed by atoms with Crippen LogP contribution < -0.4 is 0 Å². The van der Waals surface area contributed by atoms with Crippen LogP contribution in [0.2, 0.25) is 24.2 Å². The second-order valence-corrected chi connectivity index (χ2v) is 32.9. The maximum Gasteiger partial charge on any atom is 0.500 e. The van der Waals surface area contributed by atoms with Gasteiger partial charge < -0.3 is 105 Å². The average molecular weight is 1240 g/mol. The first kappa shape index (κ1) is 86.3. The van der Waals surface area contributed by atoms with Gasteiger partial charge in [0.2, 0.25) is 0 Å². The van der Waals surface area contributed by atoms with Crippen molar-refractivity contribution in [1.29, 1.82) is 0 Å². The third-order valence-corrected chi connectivity index (χ3v) is 25.6. The second kappa shape index (κ2) is 59.2. The molecule has 0 saturated heterocycles. The van der Waals surface area contributed by atoms with E-state index in [1.165, 1.54) is 0 Å². The predicted octanol–water partition coefficient (Wildman–Crippen LogP) is 2.48. The van der Waals surface area contributed by atoms with Crippen LogP contribution in [0, 0.1) is 0 Å². The fourth-order valence-electron chi connectivity index (χ4n) is 8.33. The van der Waals surface area contributed by atoms with Crippen LogP contribution in [0.5, 0.6) is 0 Å². The highest BCUT2D eigenvalue weighted by Gasteiger charge is 2.38. The minimum atomic E-state index is -2.59. The fourth-order valence-corrected chi connectivity index (χ4v) is 15.3. The second-order valence-electron chi connectivity index (χ2n) is 19.4. The molecule has 0 aliphatic heterocycles. The summed E-state index contributed by atoms with van der Waals surface area (Å²) in [5, 5.41) is 84.9. The van der Waals surface area contributed by atoms with Crippen molar-refractivity contribution in [3.63, 3.8) is 0 Å². The van der Waals surface area contributed by atoms with Crippen LogP contribution in [0.15, 0.2) is 0 Å². The molecule has 0 saturated carbocycles. The summed E-state index contributed by atoms with van der Waals surface area (Å²) < 4.78 is 71.4. The molecule has 0 aromatic heterocycles. The Morgan fingerprint density at radius 1 is 0.325 bits per heavy atom. The molecule has 4 atom stereocenters. The summed E-state index contributed by atoms with van der Waals surface area (Å²) in [4.78, 5) is 4.15. The van der Waals surface area contributed by atoms with E-state index >= 15 is 0 Å². The highest BCUT2D eigenvalue weighted by atomic mass is 28.4. The van der Waals surface area contributed by atoms with Crippen LogP contribution >= 0.6 is 0 Å². The van der Waals surface area contributed by atoms with Crippen LogP contribution in [-0.4, -0.2) is 304 Å². The van der Waals surface area contributed by atoms with Crippen molar-refractivity contribution in [2.24, 2.45) is 0 Å². The number of hydrogen-bond acceptors (Lipinski definition) is 24. The van der Waals surface area contributed by atoms with Gasteiger partial charge in [-0.3, -0.25) is 9.80 Å². The van der Waals surface area contributed by atoms with Gasteiger partial charge in [0.1, 0.15) is 0 Å². The summed E-state index contributed by atoms with van der Waals surface area (Å²) in [6, 6.07) is 2.70. The van der Waals surface area contributed by atoms with Crippen LogP contribution in [0.3, 0.4) is 0 Å². The fraction of sp³-hybridized carbons (Fsp3) is 1.00. The van der Waals surface area contributed by atoms with Gasteiger partial charge >= 0.3 is 34.5 Å². The first-order valence-corrected chi connectivity index (χ1v) is 37.4. The Hall–Kier alpha value is -0.0925. The van der Waals surface area contributed by atoms with Crippen molar-refractivity contribution >= 4 is 34.5 Å². The van der Waals surface area contributed by atoms with Gasteiger partial charge in [-0.05, 0) is 76.2 Å². The number of unbranched alkanes of at least 4 members (excludes halogenated alkanes) is 8. The highest BCUT2D eigenvalue weighted by molar-refractivity contribution is 6.68. The van der Waals surface area contributed by atoms with Gasteiger partial charge in [-0.25, -0.2) is 0 Å². The van der Waals surface area contributed by atoms with Gasteiger partial charge in [-0.1, -0.05) is 58.8 Å². The van der Waals surface area contributed by atoms with Gasteiger partial charge in [0.15, 0.2) is 0 Å². The van der Waals surface area contributed by atoms with Crippen molar-refractivity contribution in [2.75, 3.05) is 189 Å². The summed E-state index contributed by atoms with van der Waals surface area (Å²) in [6.45, 7) is 10.5. The normalized spacial score (nSPS) is 13.8. The van der Waals surface area contributed by atoms with Crippen molar-refractivity contribution in [2.45, 2.75) is 152 Å². The Labute approximate surface area is 488 Å². The minimum Gasteiger partial charge on any atom is -0.400 e. The maximum absolute atomic E-state index is 10.7. The van der Waals surface area contributed by atoms with E-state index in [9.17, 15) is 35.7 Å². The molecule has 0 aromatic carbocycles. The molecule has 488 valence electrons. The van der Waals surface area contributed by atoms with E-state index in [-0.39, 0.29) is 31.9 Å². The molecule has 80 heavy (non-hydrogen) atoms. The Morgan fingerprint density at radius 3 is 0.825 bits per heavy atom. The molecule has 0 heterocycles. The Balaban J connectivity index is -0.000000709. The Bertz CT molecular complexity index is 1150. The van der Waals surface area contributed by atoms with Crippen LogP contribution in [0.1, 0.15) is 104 Å². The van der Waals surface area contributed by atoms with Crippen molar-refractivity contribution in [1.82, 2.24) is 9.80 Å². The lowest BCUT2D eigenvalue weighted by atomic mass is 10.2. The minimum absolute atomic E-state index is 0.0697. The molecule has 0 aromatic rings. The van der Waals surface area contributed by atoms with Gasteiger partial charge in [-0.2, -0.15) is 0 Å². The molecule has 0 aliphatic rings. The zero-order valence-electron chi connectivity index (χ0n) is 52.3. The highest BCUT2D eigenvalue weighted by Crippen LogP contribution is 2.20. The molecule has 9 N–H and O–H groups in total. The SMILES string of the molecule is CCCCOCC(O)CN(CCCCCC[Si](OC)(OC)OC)CC(O)COCCCC.CO.CO.CO[Si](CO)(CCCCCCN(CC(O)COCCC[Si](CO)(OC)OC)CC(O)COCCC[Si](CO)(OC)OC)OC. The number of aliphatic hydroxyl groups excluding tert-OH is 9. The van der Waals surface area contributed by atoms with E-state index in [1.54, 1.807) is 64.0 Å². The number of nitrogens with zero attached hydrogens (tertiary/aromatic N) is 2. The number of ether oxygens (including phenoxy) is 4. The van der Waals surface area contributed by atoms with Crippen LogP contribution in [0.25, 0.3) is 0 Å². The summed E-state index contributed by atoms with van der Waals surface area (Å²) in [5.74, 6) is 0. The molecule has 28 heteroatoms. The van der Waals surface area contributed by atoms with Crippen molar-refractivity contribution in [3.05, 3.63) is 0 Å². The van der Waals surface area contributed by atoms with Crippen molar-refractivity contribution < 1.29 is 105 Å². The zero-order valence-corrected chi connectivity index (χ0v) is 56.3. The molecular formula is C52H122N2O22Si4. The van der Waals surface area contributed by atoms with E-state index in [2.05, 4.69) is 18.7 Å². The van der Waals surface area contributed by atoms with Gasteiger partial charge in [0.25, 0.3) is 0 Å². The van der Waals surface area contributed by atoms with Gasteiger partial charge in [0.05, 0.1) is 69.5 Å². The lowest BCUT2D eigenvalue weighted by Gasteiger charge is -2.28. The molecule has 4 unspecified atom stereocenters. The maximum atomic E-state index is 10.7. The molecule has 0 spiro atoms. The zero-order chi connectivity index (χ0) is 61.4. The van der Waals surface area contributed by atoms with E-state index in [4.69, 9.17) is 69.0 Å². The van der Waals surface area contributed by atoms with Crippen molar-refractivity contribution in [3.8, 4) is 0 Å². The van der Waals surface area contributed by atoms with E-state index in [0.29, 0.717) is 97.3 Å². The smallest absolute Gasteiger partial charge is 0.400 e. The molecule has 0 bridgehead atoms. The standard InChI is InChI=1S/C27H63NO13Si3.C23H51NO7Si.2CH4O/c1-34-42(23-29,35-2)16-10-8-7-9-13-28(19-26(32)21-40-14-11-17-43(24-30,36-3)37-4)20-27(33)22-41-15-12-18-44(25-31,38-5)39-6;1-6-8-15-30-20-22(25)18-24(19-23(26)21-31-16-9-7-2)14-12-10-11-13-17-32(27-3,28-4)29-5;2*1-2/h26-27,29-33H,7-25H2,1-6H3;22-23,25-26H,6-21H2,1-5H3;2*2H,1H3. The summed E-state index contributed by atoms with van der Waals surface area (Å²) in [6.07, 6.45) is 10.3. The van der Waals surface area contributed by atoms with E-state index in [1.807, 2.05) is 4.90 Å². The quantitative estimate of drug-likeness (QED) is 0.0312. The summed E-state index contributed by atoms with van der Waals surface area (Å²) >= 11 is 0. The number of hydrogen-bond donors (Lipinski definition) is 9. The third kappa shape index (κ3) is 44.4. The molecular weight excluding hydrogens is 1120 g/mol. The third-order valence-electron chi connectivity index (χ3n) is 13.5. The monoisotopic (exact) mass is 1240 g/mol. The number of rotatable bonds is 56. The predicted molar refractivity (Wildman–Crippen MR) is 319 cm³/mol. The molecule has 0 rings (SSSR count). The lowest BCUT2D eigenvalue weighted by molar-refractivity contribution is -0.0111. The van der Waals surface area contributed by atoms with Gasteiger partial charge in [0, 0.05) is 137 Å². The summed E-state index contributed by atoms with van der Waals surface area (Å²) in [5.41, 5.74) is 0. The largest absolute Gasteiger partial charge is 0.500 e. The average Bonchev–Trinajstić information content (AvgIpc) is 3.48. The Kier molecular flexibility index (Phi) is 64.0. The summed E-state index contributed by atoms with van der Waals surface area (Å²) in [7, 11) is 6.08. The lowest BCUT2D eigenvalue weighted by Crippen LogP contribution is -2.45. The van der Waals surface area contributed by atoms with Crippen LogP contribution in [-0.2, 0) is 58.8 Å². The molecule has 0 fully saturated rings. The van der Waals surface area contributed by atoms with Crippen LogP contribution in [0.4, 0.5) is 0 Å². The molecule has 0 radical (unpaired) electrons. The number of aliphatic hydroxyl groups is 9. The first-order valence-electron chi connectivity index (χ1n) is 28.7.